The van der Waals surface area contributed by atoms with Gasteiger partial charge in [-0.15, -0.1) is 0 Å². The lowest BCUT2D eigenvalue weighted by Crippen LogP contribution is -2.44. The number of likely N-dealkylation sites (N-methyl/N-ethyl adjacent to an activating group) is 1. The largest absolute Gasteiger partial charge is 0.382 e. The first-order chi connectivity index (χ1) is 16.1. The van der Waals surface area contributed by atoms with Crippen LogP contribution in [0.4, 0.5) is 11.4 Å². The van der Waals surface area contributed by atoms with E-state index in [9.17, 15) is 9.59 Å². The number of piperidine rings is 1. The van der Waals surface area contributed by atoms with Gasteiger partial charge in [0.2, 0.25) is 5.91 Å². The molecule has 1 saturated heterocycles. The number of rotatable bonds is 5. The summed E-state index contributed by atoms with van der Waals surface area (Å²) in [6.45, 7) is 2.13. The number of H-pyrrole nitrogens is 1. The van der Waals surface area contributed by atoms with Crippen LogP contribution >= 0.6 is 0 Å². The van der Waals surface area contributed by atoms with Gasteiger partial charge < -0.3 is 15.2 Å². The molecule has 3 heterocycles. The molecule has 0 saturated carbocycles. The maximum absolute atomic E-state index is 12.7. The second-order valence-electron chi connectivity index (χ2n) is 8.56. The Kier molecular flexibility index (Phi) is 5.79. The first-order valence-electron chi connectivity index (χ1n) is 11.3. The van der Waals surface area contributed by atoms with Crippen molar-refractivity contribution in [1.82, 2.24) is 14.9 Å². The zero-order chi connectivity index (χ0) is 22.8. The van der Waals surface area contributed by atoms with E-state index in [-0.39, 0.29) is 11.5 Å². The Morgan fingerprint density at radius 3 is 2.52 bits per heavy atom. The molecule has 7 nitrogen and oxygen atoms in total. The Morgan fingerprint density at radius 1 is 1.06 bits per heavy atom. The van der Waals surface area contributed by atoms with E-state index in [0.717, 1.165) is 48.1 Å². The minimum Gasteiger partial charge on any atom is -0.382 e. The first kappa shape index (κ1) is 21.2. The van der Waals surface area contributed by atoms with Crippen LogP contribution in [0.15, 0.2) is 71.7 Å². The van der Waals surface area contributed by atoms with Crippen LogP contribution in [0.25, 0.3) is 21.8 Å². The van der Waals surface area contributed by atoms with Gasteiger partial charge in [0.05, 0.1) is 6.54 Å². The number of hydrogen-bond donors (Lipinski definition) is 2. The fourth-order valence-electron chi connectivity index (χ4n) is 4.57. The molecule has 0 bridgehead atoms. The third-order valence-corrected chi connectivity index (χ3v) is 6.45. The molecule has 5 rings (SSSR count). The number of para-hydroxylation sites is 1. The number of nitrogens with one attached hydrogen (secondary N) is 2. The second kappa shape index (κ2) is 9.03. The van der Waals surface area contributed by atoms with E-state index in [0.29, 0.717) is 23.6 Å². The molecular formula is C26H27N5O2. The highest BCUT2D eigenvalue weighted by Crippen LogP contribution is 2.28. The minimum atomic E-state index is -0.124. The summed E-state index contributed by atoms with van der Waals surface area (Å²) in [6.07, 6.45) is 3.60. The van der Waals surface area contributed by atoms with Crippen LogP contribution < -0.4 is 15.8 Å². The van der Waals surface area contributed by atoms with Gasteiger partial charge in [-0.05, 0) is 37.1 Å². The van der Waals surface area contributed by atoms with E-state index < -0.39 is 0 Å². The maximum atomic E-state index is 12.7. The molecule has 0 spiro atoms. The summed E-state index contributed by atoms with van der Waals surface area (Å²) in [4.78, 5) is 36.4. The van der Waals surface area contributed by atoms with Gasteiger partial charge in [0.1, 0.15) is 5.65 Å². The van der Waals surface area contributed by atoms with Crippen molar-refractivity contribution in [2.75, 3.05) is 36.9 Å². The van der Waals surface area contributed by atoms with Crippen LogP contribution in [0.2, 0.25) is 0 Å². The Morgan fingerprint density at radius 2 is 1.76 bits per heavy atom. The molecule has 2 aromatic carbocycles. The molecule has 0 aliphatic carbocycles. The summed E-state index contributed by atoms with van der Waals surface area (Å²) in [5, 5.41) is 6.18. The van der Waals surface area contributed by atoms with Gasteiger partial charge in [-0.1, -0.05) is 36.4 Å². The molecule has 168 valence electrons. The molecular weight excluding hydrogens is 414 g/mol. The Balaban J connectivity index is 1.27. The molecule has 7 heteroatoms. The number of pyridine rings is 2. The van der Waals surface area contributed by atoms with Crippen LogP contribution in [0.5, 0.6) is 0 Å². The van der Waals surface area contributed by atoms with Crippen LogP contribution in [0.1, 0.15) is 12.8 Å². The Bertz CT molecular complexity index is 1340. The van der Waals surface area contributed by atoms with Crippen molar-refractivity contribution in [1.29, 1.82) is 0 Å². The Labute approximate surface area is 192 Å². The summed E-state index contributed by atoms with van der Waals surface area (Å²) >= 11 is 0. The number of nitrogens with zero attached hydrogens (tertiary/aromatic N) is 3. The number of amides is 1. The molecule has 1 amide bonds. The van der Waals surface area contributed by atoms with Crippen LogP contribution in [0, 0.1) is 0 Å². The lowest BCUT2D eigenvalue weighted by atomic mass is 10.0. The molecule has 1 fully saturated rings. The van der Waals surface area contributed by atoms with Crippen molar-refractivity contribution < 1.29 is 4.79 Å². The van der Waals surface area contributed by atoms with Gasteiger partial charge in [0.25, 0.3) is 5.56 Å². The van der Waals surface area contributed by atoms with Crippen molar-refractivity contribution in [3.63, 3.8) is 0 Å². The van der Waals surface area contributed by atoms with E-state index in [4.69, 9.17) is 0 Å². The molecule has 0 radical (unpaired) electrons. The molecule has 0 atom stereocenters. The van der Waals surface area contributed by atoms with Crippen molar-refractivity contribution >= 4 is 39.1 Å². The lowest BCUT2D eigenvalue weighted by Gasteiger charge is -2.33. The number of aromatic nitrogens is 2. The topological polar surface area (TPSA) is 81.3 Å². The van der Waals surface area contributed by atoms with Gasteiger partial charge >= 0.3 is 0 Å². The number of carbonyl (C=O) groups is 1. The smallest absolute Gasteiger partial charge is 0.257 e. The monoisotopic (exact) mass is 441 g/mol. The average Bonchev–Trinajstić information content (AvgIpc) is 2.85. The average molecular weight is 442 g/mol. The summed E-state index contributed by atoms with van der Waals surface area (Å²) in [7, 11) is 1.83. The fourth-order valence-corrected chi connectivity index (χ4v) is 4.57. The molecule has 2 N–H and O–H groups in total. The van der Waals surface area contributed by atoms with Gasteiger partial charge in [-0.3, -0.25) is 14.5 Å². The minimum absolute atomic E-state index is 0.100. The molecule has 4 aromatic rings. The first-order valence-corrected chi connectivity index (χ1v) is 11.3. The molecule has 33 heavy (non-hydrogen) atoms. The van der Waals surface area contributed by atoms with Crippen molar-refractivity contribution in [2.45, 2.75) is 18.9 Å². The SMILES string of the molecule is CN(C(=O)CN1CCC(Nc2ccnc3[nH]c(=O)c4ccccc4c23)CC1)c1ccccc1. The number of fused-ring (bicyclic) bond motifs is 3. The van der Waals surface area contributed by atoms with E-state index in [1.807, 2.05) is 67.7 Å². The summed E-state index contributed by atoms with van der Waals surface area (Å²) in [5.74, 6) is 0.100. The normalized spacial score (nSPS) is 15.1. The molecule has 1 aliphatic heterocycles. The predicted octanol–water partition coefficient (Wildman–Crippen LogP) is 3.62. The number of anilines is 2. The quantitative estimate of drug-likeness (QED) is 0.463. The predicted molar refractivity (Wildman–Crippen MR) is 133 cm³/mol. The zero-order valence-corrected chi connectivity index (χ0v) is 18.6. The highest BCUT2D eigenvalue weighted by atomic mass is 16.2. The zero-order valence-electron chi connectivity index (χ0n) is 18.6. The highest BCUT2D eigenvalue weighted by Gasteiger charge is 2.23. The van der Waals surface area contributed by atoms with Gasteiger partial charge in [-0.25, -0.2) is 4.98 Å². The number of benzene rings is 2. The number of aromatic amines is 1. The maximum Gasteiger partial charge on any atom is 0.257 e. The van der Waals surface area contributed by atoms with E-state index in [1.165, 1.54) is 0 Å². The van der Waals surface area contributed by atoms with Gasteiger partial charge in [-0.2, -0.15) is 0 Å². The summed E-state index contributed by atoms with van der Waals surface area (Å²) in [5.41, 5.74) is 2.36. The summed E-state index contributed by atoms with van der Waals surface area (Å²) in [6, 6.07) is 19.6. The molecule has 0 unspecified atom stereocenters. The third-order valence-electron chi connectivity index (χ3n) is 6.45. The standard InChI is InChI=1S/C26H27N5O2/c1-30(19-7-3-2-4-8-19)23(32)17-31-15-12-18(13-16-31)28-22-11-14-27-25-24(22)20-9-5-6-10-21(20)26(33)29-25/h2-11,14,18H,12-13,15-17H2,1H3,(H2,27,28,29,33). The second-order valence-corrected chi connectivity index (χ2v) is 8.56. The number of carbonyl (C=O) groups excluding carboxylic acids is 1. The Hall–Kier alpha value is -3.71. The van der Waals surface area contributed by atoms with Crippen molar-refractivity contribution in [3.8, 4) is 0 Å². The van der Waals surface area contributed by atoms with E-state index >= 15 is 0 Å². The number of likely N-dealkylation sites (tertiary alicyclic amines) is 1. The number of hydrogen-bond acceptors (Lipinski definition) is 5. The molecule has 1 aliphatic rings. The van der Waals surface area contributed by atoms with Gasteiger partial charge in [0, 0.05) is 59.9 Å². The lowest BCUT2D eigenvalue weighted by molar-refractivity contribution is -0.119. The fraction of sp³-hybridized carbons (Fsp3) is 0.269. The van der Waals surface area contributed by atoms with Crippen molar-refractivity contribution in [3.05, 3.63) is 77.2 Å². The van der Waals surface area contributed by atoms with Crippen molar-refractivity contribution in [2.24, 2.45) is 0 Å². The highest BCUT2D eigenvalue weighted by molar-refractivity contribution is 6.10. The van der Waals surface area contributed by atoms with Crippen LogP contribution in [-0.4, -0.2) is 53.5 Å². The van der Waals surface area contributed by atoms with Crippen LogP contribution in [0.3, 0.4) is 0 Å². The van der Waals surface area contributed by atoms with E-state index in [2.05, 4.69) is 20.2 Å². The van der Waals surface area contributed by atoms with E-state index in [1.54, 1.807) is 11.1 Å². The third kappa shape index (κ3) is 4.32. The van der Waals surface area contributed by atoms with Crippen LogP contribution in [-0.2, 0) is 4.79 Å². The summed E-state index contributed by atoms with van der Waals surface area (Å²) < 4.78 is 0. The molecule has 2 aromatic heterocycles. The van der Waals surface area contributed by atoms with Gasteiger partial charge in [0.15, 0.2) is 0 Å².